The fourth-order valence-electron chi connectivity index (χ4n) is 6.22. The molecule has 1 aromatic carbocycles. The van der Waals surface area contributed by atoms with Crippen molar-refractivity contribution in [1.29, 1.82) is 0 Å². The molecule has 2 amide bonds. The van der Waals surface area contributed by atoms with Gasteiger partial charge in [-0.25, -0.2) is 4.98 Å². The van der Waals surface area contributed by atoms with Gasteiger partial charge in [0.25, 0.3) is 0 Å². The molecule has 0 saturated carbocycles. The van der Waals surface area contributed by atoms with Gasteiger partial charge in [0.15, 0.2) is 0 Å². The number of nitrogens with zero attached hydrogens (tertiary/aromatic N) is 5. The molecule has 0 bridgehead atoms. The Labute approximate surface area is 285 Å². The summed E-state index contributed by atoms with van der Waals surface area (Å²) < 4.78 is 23.8. The number of hydrogen-bond donors (Lipinski definition) is 0. The van der Waals surface area contributed by atoms with E-state index in [4.69, 9.17) is 42.0 Å². The molecule has 0 unspecified atom stereocenters. The predicted octanol–water partition coefficient (Wildman–Crippen LogP) is 3.94. The fourth-order valence-corrected chi connectivity index (χ4v) is 6.75. The lowest BCUT2D eigenvalue weighted by Gasteiger charge is -2.38. The number of hydrogen-bond acceptors (Lipinski definition) is 9. The number of ether oxygens (including phenoxy) is 4. The van der Waals surface area contributed by atoms with Crippen LogP contribution < -0.4 is 4.90 Å². The molecule has 252 valence electrons. The van der Waals surface area contributed by atoms with E-state index < -0.39 is 5.41 Å². The molecule has 0 atom stereocenters. The number of carbonyl (C=O) groups is 2. The highest BCUT2D eigenvalue weighted by Crippen LogP contribution is 2.48. The molecule has 1 fully saturated rings. The van der Waals surface area contributed by atoms with Gasteiger partial charge in [0.05, 0.1) is 87.5 Å². The first-order chi connectivity index (χ1) is 23.0. The van der Waals surface area contributed by atoms with E-state index >= 15 is 0 Å². The molecule has 0 radical (unpaired) electrons. The quantitative estimate of drug-likeness (QED) is 0.146. The summed E-state index contributed by atoms with van der Waals surface area (Å²) in [4.78, 5) is 40.3. The zero-order chi connectivity index (χ0) is 33.1. The van der Waals surface area contributed by atoms with Crippen molar-refractivity contribution < 1.29 is 28.5 Å². The first kappa shape index (κ1) is 35.1. The Morgan fingerprint density at radius 1 is 1.04 bits per heavy atom. The minimum Gasteiger partial charge on any atom is -0.379 e. The molecule has 13 heteroatoms. The van der Waals surface area contributed by atoms with Gasteiger partial charge >= 0.3 is 0 Å². The zero-order valence-corrected chi connectivity index (χ0v) is 28.4. The number of rotatable bonds is 18. The SMILES string of the molecule is C#CCOCCOCCOCCOCCC(=O)N1CCC2(CC1)C(=O)N(Cc1nc3cc(Cl)ccc3n1CCSC)c1cnccc12. The second-order valence-electron chi connectivity index (χ2n) is 11.4. The van der Waals surface area contributed by atoms with Gasteiger partial charge in [0, 0.05) is 36.6 Å². The van der Waals surface area contributed by atoms with Gasteiger partial charge in [-0.05, 0) is 48.9 Å². The fraction of sp³-hybridized carbons (Fsp3) is 0.529. The highest BCUT2D eigenvalue weighted by atomic mass is 35.5. The van der Waals surface area contributed by atoms with E-state index in [0.29, 0.717) is 83.7 Å². The van der Waals surface area contributed by atoms with Crippen molar-refractivity contribution in [3.8, 4) is 12.3 Å². The number of thioether (sulfide) groups is 1. The van der Waals surface area contributed by atoms with Crippen LogP contribution in [0.3, 0.4) is 0 Å². The summed E-state index contributed by atoms with van der Waals surface area (Å²) in [6, 6.07) is 7.68. The first-order valence-electron chi connectivity index (χ1n) is 15.9. The van der Waals surface area contributed by atoms with E-state index in [-0.39, 0.29) is 24.8 Å². The third kappa shape index (κ3) is 8.46. The Bertz CT molecular complexity index is 1550. The van der Waals surface area contributed by atoms with E-state index in [1.54, 1.807) is 24.2 Å². The minimum atomic E-state index is -0.694. The average Bonchev–Trinajstić information content (AvgIpc) is 3.53. The van der Waals surface area contributed by atoms with Crippen LogP contribution in [0.5, 0.6) is 0 Å². The molecule has 47 heavy (non-hydrogen) atoms. The van der Waals surface area contributed by atoms with Crippen molar-refractivity contribution in [1.82, 2.24) is 19.4 Å². The lowest BCUT2D eigenvalue weighted by atomic mass is 9.74. The average molecular weight is 684 g/mol. The number of terminal acetylenes is 1. The van der Waals surface area contributed by atoms with E-state index in [1.807, 2.05) is 34.1 Å². The van der Waals surface area contributed by atoms with Crippen LogP contribution in [-0.2, 0) is 47.0 Å². The summed E-state index contributed by atoms with van der Waals surface area (Å²) in [6.45, 7) is 5.37. The van der Waals surface area contributed by atoms with Crippen LogP contribution in [0.2, 0.25) is 5.02 Å². The maximum absolute atomic E-state index is 14.3. The summed E-state index contributed by atoms with van der Waals surface area (Å²) in [6.07, 6.45) is 12.1. The van der Waals surface area contributed by atoms with Crippen molar-refractivity contribution in [2.45, 2.75) is 37.8 Å². The monoisotopic (exact) mass is 683 g/mol. The van der Waals surface area contributed by atoms with Crippen LogP contribution in [0.4, 0.5) is 5.69 Å². The summed E-state index contributed by atoms with van der Waals surface area (Å²) in [5, 5.41) is 0.628. The van der Waals surface area contributed by atoms with E-state index in [2.05, 4.69) is 21.7 Å². The Morgan fingerprint density at radius 3 is 2.45 bits per heavy atom. The molecule has 2 aliphatic rings. The van der Waals surface area contributed by atoms with Gasteiger partial charge in [-0.3, -0.25) is 14.6 Å². The molecule has 11 nitrogen and oxygen atoms in total. The van der Waals surface area contributed by atoms with Gasteiger partial charge in [0.2, 0.25) is 11.8 Å². The second-order valence-corrected chi connectivity index (χ2v) is 12.8. The third-order valence-corrected chi connectivity index (χ3v) is 9.43. The number of piperidine rings is 1. The molecule has 2 aliphatic heterocycles. The summed E-state index contributed by atoms with van der Waals surface area (Å²) in [5.74, 6) is 4.20. The minimum absolute atomic E-state index is 0.0275. The highest BCUT2D eigenvalue weighted by Gasteiger charge is 2.52. The number of halogens is 1. The van der Waals surface area contributed by atoms with Gasteiger partial charge in [0.1, 0.15) is 12.4 Å². The molecular weight excluding hydrogens is 642 g/mol. The summed E-state index contributed by atoms with van der Waals surface area (Å²) in [7, 11) is 0. The first-order valence-corrected chi connectivity index (χ1v) is 17.7. The summed E-state index contributed by atoms with van der Waals surface area (Å²) >= 11 is 8.04. The Kier molecular flexibility index (Phi) is 12.9. The molecule has 1 saturated heterocycles. The van der Waals surface area contributed by atoms with Gasteiger partial charge in [-0.2, -0.15) is 11.8 Å². The van der Waals surface area contributed by atoms with E-state index in [0.717, 1.165) is 40.4 Å². The standard InChI is InChI=1S/C34H42ClN5O6S/c1-3-14-43-16-18-45-20-21-46-19-17-44-15-7-32(41)38-11-8-34(9-12-38)27-6-10-36-24-30(27)40(33(34)42)25-31-37-28-23-26(35)4-5-29(28)39(31)13-22-47-2/h1,4-6,10,23-24H,7-9,11-22,25H2,2H3. The maximum Gasteiger partial charge on any atom is 0.238 e. The number of pyridine rings is 1. The lowest BCUT2D eigenvalue weighted by Crippen LogP contribution is -2.50. The van der Waals surface area contributed by atoms with E-state index in [1.165, 1.54) is 0 Å². The number of amides is 2. The normalized spacial score (nSPS) is 15.5. The zero-order valence-electron chi connectivity index (χ0n) is 26.8. The van der Waals surface area contributed by atoms with Gasteiger partial charge in [-0.15, -0.1) is 6.42 Å². The van der Waals surface area contributed by atoms with Crippen LogP contribution in [0, 0.1) is 12.3 Å². The highest BCUT2D eigenvalue weighted by molar-refractivity contribution is 7.98. The van der Waals surface area contributed by atoms with Crippen LogP contribution in [0.25, 0.3) is 11.0 Å². The van der Waals surface area contributed by atoms with Gasteiger partial charge in [-0.1, -0.05) is 17.5 Å². The lowest BCUT2D eigenvalue weighted by molar-refractivity contribution is -0.136. The Morgan fingerprint density at radius 2 is 1.74 bits per heavy atom. The molecule has 2 aromatic heterocycles. The molecule has 0 aliphatic carbocycles. The number of imidazole rings is 1. The van der Waals surface area contributed by atoms with Crippen LogP contribution >= 0.6 is 23.4 Å². The molecular formula is C34H42ClN5O6S. The number of fused-ring (bicyclic) bond motifs is 3. The largest absolute Gasteiger partial charge is 0.379 e. The van der Waals surface area contributed by atoms with Crippen molar-refractivity contribution in [2.24, 2.45) is 0 Å². The summed E-state index contributed by atoms with van der Waals surface area (Å²) in [5.41, 5.74) is 2.91. The maximum atomic E-state index is 14.3. The van der Waals surface area contributed by atoms with Crippen molar-refractivity contribution in [2.75, 3.05) is 82.9 Å². The smallest absolute Gasteiger partial charge is 0.238 e. The predicted molar refractivity (Wildman–Crippen MR) is 183 cm³/mol. The molecule has 4 heterocycles. The number of aromatic nitrogens is 3. The van der Waals surface area contributed by atoms with Gasteiger partial charge < -0.3 is 33.3 Å². The topological polar surface area (TPSA) is 108 Å². The second kappa shape index (κ2) is 17.3. The molecule has 0 N–H and O–H groups in total. The van der Waals surface area contributed by atoms with E-state index in [9.17, 15) is 9.59 Å². The molecule has 3 aromatic rings. The molecule has 1 spiro atoms. The number of aryl methyl sites for hydroxylation is 1. The Hall–Kier alpha value is -3.18. The Balaban J connectivity index is 1.11. The number of likely N-dealkylation sites (tertiary alicyclic amines) is 1. The van der Waals surface area contributed by atoms with Crippen molar-refractivity contribution in [3.05, 3.63) is 53.1 Å². The third-order valence-electron chi connectivity index (χ3n) is 8.60. The number of benzene rings is 1. The van der Waals surface area contributed by atoms with Crippen LogP contribution in [-0.4, -0.2) is 109 Å². The number of carbonyl (C=O) groups excluding carboxylic acids is 2. The van der Waals surface area contributed by atoms with Crippen LogP contribution in [0.15, 0.2) is 36.7 Å². The van der Waals surface area contributed by atoms with Crippen molar-refractivity contribution in [3.63, 3.8) is 0 Å². The molecule has 5 rings (SSSR count). The van der Waals surface area contributed by atoms with Crippen LogP contribution in [0.1, 0.15) is 30.7 Å². The van der Waals surface area contributed by atoms with Crippen molar-refractivity contribution >= 4 is 51.9 Å². The number of anilines is 1.